The van der Waals surface area contributed by atoms with E-state index in [4.69, 9.17) is 11.6 Å². The van der Waals surface area contributed by atoms with E-state index >= 15 is 0 Å². The van der Waals surface area contributed by atoms with E-state index in [0.29, 0.717) is 10.7 Å². The lowest BCUT2D eigenvalue weighted by molar-refractivity contribution is -0.132. The second kappa shape index (κ2) is 6.74. The predicted octanol–water partition coefficient (Wildman–Crippen LogP) is 4.36. The van der Waals surface area contributed by atoms with Crippen molar-refractivity contribution in [1.29, 1.82) is 0 Å². The molecule has 7 heteroatoms. The van der Waals surface area contributed by atoms with E-state index in [9.17, 15) is 9.59 Å². The van der Waals surface area contributed by atoms with Gasteiger partial charge < -0.3 is 5.32 Å². The number of pyridine rings is 1. The topological polar surface area (TPSA) is 62.3 Å². The van der Waals surface area contributed by atoms with Gasteiger partial charge in [-0.15, -0.1) is 11.8 Å². The molecule has 136 valence electrons. The summed E-state index contributed by atoms with van der Waals surface area (Å²) in [7, 11) is 0. The van der Waals surface area contributed by atoms with Gasteiger partial charge in [0.1, 0.15) is 10.7 Å². The number of carbonyl (C=O) groups excluding carboxylic acids is 2. The molecule has 26 heavy (non-hydrogen) atoms. The summed E-state index contributed by atoms with van der Waals surface area (Å²) >= 11 is 8.01. The van der Waals surface area contributed by atoms with Crippen molar-refractivity contribution in [3.8, 4) is 0 Å². The molecule has 1 aliphatic heterocycles. The van der Waals surface area contributed by atoms with Gasteiger partial charge in [-0.2, -0.15) is 0 Å². The number of fused-ring (bicyclic) bond motifs is 1. The normalized spacial score (nSPS) is 19.4. The zero-order chi connectivity index (χ0) is 18.3. The molecule has 0 bridgehead atoms. The van der Waals surface area contributed by atoms with Gasteiger partial charge >= 0.3 is 6.03 Å². The summed E-state index contributed by atoms with van der Waals surface area (Å²) in [5, 5.41) is 4.21. The van der Waals surface area contributed by atoms with E-state index in [1.165, 1.54) is 4.90 Å². The molecule has 5 nitrogen and oxygen atoms in total. The van der Waals surface area contributed by atoms with Crippen molar-refractivity contribution < 1.29 is 9.59 Å². The van der Waals surface area contributed by atoms with Crippen molar-refractivity contribution in [2.24, 2.45) is 0 Å². The number of hydrogen-bond donors (Lipinski definition) is 1. The smallest absolute Gasteiger partial charge is 0.323 e. The second-order valence-corrected chi connectivity index (χ2v) is 8.20. The quantitative estimate of drug-likeness (QED) is 0.481. The number of halogens is 1. The third kappa shape index (κ3) is 2.95. The average Bonchev–Trinajstić information content (AvgIpc) is 2.86. The van der Waals surface area contributed by atoms with E-state index in [-0.39, 0.29) is 18.5 Å². The fourth-order valence-electron chi connectivity index (χ4n) is 3.89. The van der Waals surface area contributed by atoms with E-state index < -0.39 is 5.54 Å². The molecule has 1 saturated heterocycles. The van der Waals surface area contributed by atoms with E-state index in [0.717, 1.165) is 47.9 Å². The molecule has 4 rings (SSSR count). The molecular formula is C19H20ClN3O2S. The number of carbonyl (C=O) groups is 2. The summed E-state index contributed by atoms with van der Waals surface area (Å²) in [6.45, 7) is 0.151. The molecule has 2 aliphatic rings. The number of aromatic nitrogens is 1. The SMILES string of the molecule is CSc1ccc2cc(CN3C(=O)NC4(CCCCC4)C3=O)c(Cl)nc2c1. The van der Waals surface area contributed by atoms with Crippen molar-refractivity contribution in [2.75, 3.05) is 6.26 Å². The summed E-state index contributed by atoms with van der Waals surface area (Å²) in [5.74, 6) is -0.129. The van der Waals surface area contributed by atoms with Crippen LogP contribution in [-0.2, 0) is 11.3 Å². The minimum absolute atomic E-state index is 0.129. The van der Waals surface area contributed by atoms with Crippen LogP contribution in [0, 0.1) is 0 Å². The zero-order valence-corrected chi connectivity index (χ0v) is 16.1. The van der Waals surface area contributed by atoms with Crippen molar-refractivity contribution >= 4 is 46.2 Å². The zero-order valence-electron chi connectivity index (χ0n) is 14.5. The molecule has 1 spiro atoms. The molecule has 0 radical (unpaired) electrons. The monoisotopic (exact) mass is 389 g/mol. The first kappa shape index (κ1) is 17.6. The second-order valence-electron chi connectivity index (χ2n) is 6.96. The Morgan fingerprint density at radius 1 is 1.23 bits per heavy atom. The third-order valence-corrected chi connectivity index (χ3v) is 6.38. The standard InChI is InChI=1S/C19H20ClN3O2S/c1-26-14-6-5-12-9-13(16(20)21-15(12)10-14)11-23-17(24)19(22-18(23)25)7-3-2-4-8-19/h5-6,9-10H,2-4,7-8,11H2,1H3,(H,22,25). The van der Waals surface area contributed by atoms with Gasteiger partial charge in [-0.3, -0.25) is 9.69 Å². The molecule has 2 heterocycles. The number of rotatable bonds is 3. The van der Waals surface area contributed by atoms with E-state index in [2.05, 4.69) is 10.3 Å². The van der Waals surface area contributed by atoms with Gasteiger partial charge in [0.2, 0.25) is 0 Å². The minimum atomic E-state index is -0.709. The van der Waals surface area contributed by atoms with Gasteiger partial charge in [-0.25, -0.2) is 9.78 Å². The Morgan fingerprint density at radius 3 is 2.73 bits per heavy atom. The molecule has 1 saturated carbocycles. The lowest BCUT2D eigenvalue weighted by Gasteiger charge is -2.30. The van der Waals surface area contributed by atoms with E-state index in [1.54, 1.807) is 11.8 Å². The number of thioether (sulfide) groups is 1. The van der Waals surface area contributed by atoms with Crippen LogP contribution in [0.2, 0.25) is 5.15 Å². The Labute approximate surface area is 161 Å². The Kier molecular flexibility index (Phi) is 4.57. The number of hydrogen-bond acceptors (Lipinski definition) is 4. The van der Waals surface area contributed by atoms with Crippen molar-refractivity contribution in [3.05, 3.63) is 35.0 Å². The molecule has 0 atom stereocenters. The average molecular weight is 390 g/mol. The maximum absolute atomic E-state index is 12.9. The number of nitrogens with one attached hydrogen (secondary N) is 1. The molecule has 1 N–H and O–H groups in total. The Balaban J connectivity index is 1.63. The Morgan fingerprint density at radius 2 is 2.00 bits per heavy atom. The molecule has 2 aromatic rings. The van der Waals surface area contributed by atoms with Gasteiger partial charge in [-0.1, -0.05) is 36.9 Å². The number of benzene rings is 1. The van der Waals surface area contributed by atoms with Crippen LogP contribution in [-0.4, -0.2) is 33.6 Å². The van der Waals surface area contributed by atoms with Crippen LogP contribution in [0.1, 0.15) is 37.7 Å². The van der Waals surface area contributed by atoms with Crippen LogP contribution in [0.25, 0.3) is 10.9 Å². The summed E-state index contributed by atoms with van der Waals surface area (Å²) < 4.78 is 0. The largest absolute Gasteiger partial charge is 0.325 e. The number of nitrogens with zero attached hydrogens (tertiary/aromatic N) is 2. The molecule has 1 aromatic heterocycles. The summed E-state index contributed by atoms with van der Waals surface area (Å²) in [4.78, 5) is 32.2. The number of imide groups is 1. The predicted molar refractivity (Wildman–Crippen MR) is 103 cm³/mol. The van der Waals surface area contributed by atoms with Crippen LogP contribution >= 0.6 is 23.4 Å². The molecule has 1 aliphatic carbocycles. The van der Waals surface area contributed by atoms with Gasteiger partial charge in [0.05, 0.1) is 12.1 Å². The highest BCUT2D eigenvalue weighted by atomic mass is 35.5. The van der Waals surface area contributed by atoms with Crippen LogP contribution in [0.5, 0.6) is 0 Å². The fraction of sp³-hybridized carbons (Fsp3) is 0.421. The molecular weight excluding hydrogens is 370 g/mol. The Hall–Kier alpha value is -1.79. The van der Waals surface area contributed by atoms with Crippen LogP contribution in [0.3, 0.4) is 0 Å². The van der Waals surface area contributed by atoms with Crippen molar-refractivity contribution in [1.82, 2.24) is 15.2 Å². The maximum Gasteiger partial charge on any atom is 0.325 e. The van der Waals surface area contributed by atoms with Gasteiger partial charge in [0.15, 0.2) is 0 Å². The lowest BCUT2D eigenvalue weighted by atomic mass is 9.82. The first-order valence-corrected chi connectivity index (χ1v) is 10.4. The third-order valence-electron chi connectivity index (χ3n) is 5.33. The number of urea groups is 1. The van der Waals surface area contributed by atoms with E-state index in [1.807, 2.05) is 30.5 Å². The van der Waals surface area contributed by atoms with Crippen molar-refractivity contribution in [3.63, 3.8) is 0 Å². The highest BCUT2D eigenvalue weighted by molar-refractivity contribution is 7.98. The summed E-state index contributed by atoms with van der Waals surface area (Å²) in [5.41, 5.74) is 0.790. The summed E-state index contributed by atoms with van der Waals surface area (Å²) in [6.07, 6.45) is 6.50. The van der Waals surface area contributed by atoms with Crippen LogP contribution in [0.15, 0.2) is 29.2 Å². The fourth-order valence-corrected chi connectivity index (χ4v) is 4.53. The van der Waals surface area contributed by atoms with Gasteiger partial charge in [0.25, 0.3) is 5.91 Å². The van der Waals surface area contributed by atoms with Crippen LogP contribution in [0.4, 0.5) is 4.79 Å². The molecule has 0 unspecified atom stereocenters. The first-order chi connectivity index (χ1) is 12.5. The first-order valence-electron chi connectivity index (χ1n) is 8.80. The summed E-state index contributed by atoms with van der Waals surface area (Å²) in [6, 6.07) is 7.59. The molecule has 3 amide bonds. The highest BCUT2D eigenvalue weighted by Crippen LogP contribution is 2.35. The lowest BCUT2D eigenvalue weighted by Crippen LogP contribution is -2.48. The molecule has 1 aromatic carbocycles. The number of amides is 3. The van der Waals surface area contributed by atoms with Crippen molar-refractivity contribution in [2.45, 2.75) is 49.1 Å². The molecule has 2 fully saturated rings. The van der Waals surface area contributed by atoms with Crippen LogP contribution < -0.4 is 5.32 Å². The van der Waals surface area contributed by atoms with Gasteiger partial charge in [-0.05, 0) is 37.3 Å². The highest BCUT2D eigenvalue weighted by Gasteiger charge is 2.51. The minimum Gasteiger partial charge on any atom is -0.323 e. The van der Waals surface area contributed by atoms with Gasteiger partial charge in [0, 0.05) is 15.8 Å². The Bertz CT molecular complexity index is 896. The maximum atomic E-state index is 12.9.